The van der Waals surface area contributed by atoms with Crippen molar-refractivity contribution < 1.29 is 19.4 Å². The summed E-state index contributed by atoms with van der Waals surface area (Å²) in [5.41, 5.74) is -1.09. The summed E-state index contributed by atoms with van der Waals surface area (Å²) in [5.74, 6) is 0. The summed E-state index contributed by atoms with van der Waals surface area (Å²) >= 11 is 0. The van der Waals surface area contributed by atoms with E-state index < -0.39 is 23.3 Å². The van der Waals surface area contributed by atoms with E-state index in [1.807, 2.05) is 6.92 Å². The fraction of sp³-hybridized carbons (Fsp3) is 0.818. The number of nitrogens with one attached hydrogen (secondary N) is 1. The number of hydrogen-bond acceptors (Lipinski definition) is 3. The molecule has 1 aliphatic heterocycles. The standard InChI is InChI=1S/C11H20N2O4/c1-10(2,3)17-8(14)12-11(4)5-6-13(7-11)9(15)16/h5-7H2,1-4H3,(H,12,14)(H,15,16). The van der Waals surface area contributed by atoms with Crippen molar-refractivity contribution in [3.8, 4) is 0 Å². The quantitative estimate of drug-likeness (QED) is 0.735. The molecule has 0 spiro atoms. The molecule has 6 nitrogen and oxygen atoms in total. The van der Waals surface area contributed by atoms with Crippen molar-refractivity contribution in [2.75, 3.05) is 13.1 Å². The van der Waals surface area contributed by atoms with Crippen LogP contribution >= 0.6 is 0 Å². The third-order valence-corrected chi connectivity index (χ3v) is 2.55. The normalized spacial score (nSPS) is 24.6. The fourth-order valence-electron chi connectivity index (χ4n) is 1.78. The third-order valence-electron chi connectivity index (χ3n) is 2.55. The Morgan fingerprint density at radius 2 is 2.00 bits per heavy atom. The van der Waals surface area contributed by atoms with Gasteiger partial charge in [-0.25, -0.2) is 9.59 Å². The average molecular weight is 244 g/mol. The van der Waals surface area contributed by atoms with Crippen molar-refractivity contribution >= 4 is 12.2 Å². The number of carbonyl (C=O) groups excluding carboxylic acids is 1. The van der Waals surface area contributed by atoms with Crippen LogP contribution in [0.1, 0.15) is 34.1 Å². The van der Waals surface area contributed by atoms with Crippen LogP contribution in [-0.2, 0) is 4.74 Å². The van der Waals surface area contributed by atoms with Crippen molar-refractivity contribution in [1.82, 2.24) is 10.2 Å². The van der Waals surface area contributed by atoms with E-state index in [0.29, 0.717) is 19.5 Å². The minimum absolute atomic E-state index is 0.293. The molecular formula is C11H20N2O4. The highest BCUT2D eigenvalue weighted by atomic mass is 16.6. The fourth-order valence-corrected chi connectivity index (χ4v) is 1.78. The van der Waals surface area contributed by atoms with E-state index in [2.05, 4.69) is 5.32 Å². The van der Waals surface area contributed by atoms with Gasteiger partial charge in [0.25, 0.3) is 0 Å². The Kier molecular flexibility index (Phi) is 3.54. The van der Waals surface area contributed by atoms with Crippen LogP contribution in [0, 0.1) is 0 Å². The Bertz CT molecular complexity index is 324. The average Bonchev–Trinajstić information content (AvgIpc) is 2.43. The second-order valence-electron chi connectivity index (χ2n) is 5.64. The first kappa shape index (κ1) is 13.6. The number of likely N-dealkylation sites (tertiary alicyclic amines) is 1. The molecule has 2 amide bonds. The predicted octanol–water partition coefficient (Wildman–Crippen LogP) is 1.65. The Labute approximate surface area is 101 Å². The van der Waals surface area contributed by atoms with Crippen molar-refractivity contribution in [2.45, 2.75) is 45.3 Å². The molecule has 17 heavy (non-hydrogen) atoms. The number of carboxylic acid groups (broad SMARTS) is 1. The lowest BCUT2D eigenvalue weighted by molar-refractivity contribution is 0.0465. The summed E-state index contributed by atoms with van der Waals surface area (Å²) in [6.07, 6.45) is -0.870. The molecule has 0 aromatic carbocycles. The molecule has 1 heterocycles. The molecule has 1 unspecified atom stereocenters. The maximum Gasteiger partial charge on any atom is 0.408 e. The van der Waals surface area contributed by atoms with Gasteiger partial charge in [-0.1, -0.05) is 0 Å². The highest BCUT2D eigenvalue weighted by Crippen LogP contribution is 2.21. The van der Waals surface area contributed by atoms with Gasteiger partial charge in [0.2, 0.25) is 0 Å². The van der Waals surface area contributed by atoms with Crippen molar-refractivity contribution in [1.29, 1.82) is 0 Å². The van der Waals surface area contributed by atoms with E-state index in [0.717, 1.165) is 0 Å². The maximum absolute atomic E-state index is 11.6. The van der Waals surface area contributed by atoms with Crippen molar-refractivity contribution in [3.05, 3.63) is 0 Å². The van der Waals surface area contributed by atoms with Gasteiger partial charge < -0.3 is 20.1 Å². The van der Waals surface area contributed by atoms with E-state index in [-0.39, 0.29) is 0 Å². The minimum Gasteiger partial charge on any atom is -0.465 e. The second kappa shape index (κ2) is 4.43. The molecule has 0 bridgehead atoms. The van der Waals surface area contributed by atoms with Crippen LogP contribution in [0.4, 0.5) is 9.59 Å². The van der Waals surface area contributed by atoms with Gasteiger partial charge in [-0.3, -0.25) is 0 Å². The lowest BCUT2D eigenvalue weighted by Gasteiger charge is -2.28. The molecule has 1 atom stereocenters. The number of rotatable bonds is 1. The summed E-state index contributed by atoms with van der Waals surface area (Å²) < 4.78 is 5.14. The predicted molar refractivity (Wildman–Crippen MR) is 62.0 cm³/mol. The topological polar surface area (TPSA) is 78.9 Å². The van der Waals surface area contributed by atoms with Crippen molar-refractivity contribution in [3.63, 3.8) is 0 Å². The monoisotopic (exact) mass is 244 g/mol. The van der Waals surface area contributed by atoms with Gasteiger partial charge >= 0.3 is 12.2 Å². The molecular weight excluding hydrogens is 224 g/mol. The Hall–Kier alpha value is -1.46. The first-order chi connectivity index (χ1) is 7.61. The molecule has 6 heteroatoms. The van der Waals surface area contributed by atoms with Gasteiger partial charge in [-0.05, 0) is 34.1 Å². The summed E-state index contributed by atoms with van der Waals surface area (Å²) in [6.45, 7) is 7.90. The molecule has 1 rings (SSSR count). The molecule has 1 aliphatic rings. The second-order valence-corrected chi connectivity index (χ2v) is 5.64. The maximum atomic E-state index is 11.6. The zero-order valence-corrected chi connectivity index (χ0v) is 10.7. The molecule has 0 aromatic heterocycles. The number of nitrogens with zero attached hydrogens (tertiary/aromatic N) is 1. The molecule has 0 aromatic rings. The summed E-state index contributed by atoms with van der Waals surface area (Å²) in [6, 6.07) is 0. The van der Waals surface area contributed by atoms with Crippen LogP contribution in [0.2, 0.25) is 0 Å². The lowest BCUT2D eigenvalue weighted by atomic mass is 10.0. The molecule has 0 aliphatic carbocycles. The van der Waals surface area contributed by atoms with Gasteiger partial charge in [0.15, 0.2) is 0 Å². The number of alkyl carbamates (subject to hydrolysis) is 1. The first-order valence-electron chi connectivity index (χ1n) is 5.60. The molecule has 98 valence electrons. The Morgan fingerprint density at radius 1 is 1.41 bits per heavy atom. The summed E-state index contributed by atoms with van der Waals surface area (Å²) in [7, 11) is 0. The van der Waals surface area contributed by atoms with E-state index in [1.165, 1.54) is 4.90 Å². The largest absolute Gasteiger partial charge is 0.465 e. The molecule has 0 radical (unpaired) electrons. The van der Waals surface area contributed by atoms with Crippen LogP contribution in [0.15, 0.2) is 0 Å². The van der Waals surface area contributed by atoms with E-state index >= 15 is 0 Å². The summed E-state index contributed by atoms with van der Waals surface area (Å²) in [4.78, 5) is 23.7. The van der Waals surface area contributed by atoms with E-state index in [4.69, 9.17) is 9.84 Å². The van der Waals surface area contributed by atoms with Crippen molar-refractivity contribution in [2.24, 2.45) is 0 Å². The highest BCUT2D eigenvalue weighted by Gasteiger charge is 2.38. The minimum atomic E-state index is -0.959. The van der Waals surface area contributed by atoms with Gasteiger partial charge in [0.1, 0.15) is 5.60 Å². The van der Waals surface area contributed by atoms with Crippen LogP contribution in [-0.4, -0.2) is 46.4 Å². The number of hydrogen-bond donors (Lipinski definition) is 2. The number of carbonyl (C=O) groups is 2. The van der Waals surface area contributed by atoms with Crippen LogP contribution in [0.25, 0.3) is 0 Å². The zero-order valence-electron chi connectivity index (χ0n) is 10.7. The number of ether oxygens (including phenoxy) is 1. The lowest BCUT2D eigenvalue weighted by Crippen LogP contribution is -2.50. The van der Waals surface area contributed by atoms with Crippen LogP contribution in [0.3, 0.4) is 0 Å². The highest BCUT2D eigenvalue weighted by molar-refractivity contribution is 5.70. The van der Waals surface area contributed by atoms with Gasteiger partial charge in [-0.15, -0.1) is 0 Å². The van der Waals surface area contributed by atoms with Crippen LogP contribution in [0.5, 0.6) is 0 Å². The SMILES string of the molecule is CC1(NC(=O)OC(C)(C)C)CCN(C(=O)O)C1. The Balaban J connectivity index is 2.52. The Morgan fingerprint density at radius 3 is 2.41 bits per heavy atom. The third kappa shape index (κ3) is 4.13. The van der Waals surface area contributed by atoms with Gasteiger partial charge in [0, 0.05) is 13.1 Å². The van der Waals surface area contributed by atoms with Crippen LogP contribution < -0.4 is 5.32 Å². The zero-order chi connectivity index (χ0) is 13.3. The molecule has 0 saturated carbocycles. The van der Waals surface area contributed by atoms with Gasteiger partial charge in [-0.2, -0.15) is 0 Å². The van der Waals surface area contributed by atoms with E-state index in [9.17, 15) is 9.59 Å². The molecule has 2 N–H and O–H groups in total. The van der Waals surface area contributed by atoms with E-state index in [1.54, 1.807) is 20.8 Å². The summed E-state index contributed by atoms with van der Waals surface area (Å²) in [5, 5.41) is 11.6. The smallest absolute Gasteiger partial charge is 0.408 e. The van der Waals surface area contributed by atoms with Gasteiger partial charge in [0.05, 0.1) is 5.54 Å². The number of amides is 2. The molecule has 1 saturated heterocycles. The molecule has 1 fully saturated rings. The first-order valence-corrected chi connectivity index (χ1v) is 5.60.